The van der Waals surface area contributed by atoms with Gasteiger partial charge in [0.15, 0.2) is 0 Å². The molecule has 1 heterocycles. The van der Waals surface area contributed by atoms with Gasteiger partial charge in [0.25, 0.3) is 0 Å². The maximum Gasteiger partial charge on any atom is 0.337 e. The Morgan fingerprint density at radius 3 is 2.47 bits per heavy atom. The molecule has 0 bridgehead atoms. The predicted octanol–water partition coefficient (Wildman–Crippen LogP) is 2.57. The smallest absolute Gasteiger partial charge is 0.337 e. The molecule has 0 amide bonds. The van der Waals surface area contributed by atoms with Crippen LogP contribution in [0.25, 0.3) is 0 Å². The molecular formula is C13H20N2O2. The molecule has 94 valence electrons. The van der Waals surface area contributed by atoms with E-state index in [0.717, 1.165) is 17.9 Å². The van der Waals surface area contributed by atoms with Crippen molar-refractivity contribution in [2.75, 3.05) is 18.5 Å². The molecule has 0 spiro atoms. The van der Waals surface area contributed by atoms with E-state index in [9.17, 15) is 4.79 Å². The number of hydrogen-bond acceptors (Lipinski definition) is 3. The van der Waals surface area contributed by atoms with Crippen LogP contribution in [0.4, 0.5) is 5.82 Å². The number of aromatic nitrogens is 1. The van der Waals surface area contributed by atoms with Gasteiger partial charge < -0.3 is 10.0 Å². The number of carbonyl (C=O) groups is 1. The Morgan fingerprint density at radius 2 is 2.06 bits per heavy atom. The monoisotopic (exact) mass is 236 g/mol. The van der Waals surface area contributed by atoms with E-state index in [1.165, 1.54) is 6.20 Å². The minimum absolute atomic E-state index is 0.175. The summed E-state index contributed by atoms with van der Waals surface area (Å²) in [6, 6.07) is 1.66. The van der Waals surface area contributed by atoms with Crippen molar-refractivity contribution in [1.82, 2.24) is 4.98 Å². The van der Waals surface area contributed by atoms with E-state index in [4.69, 9.17) is 5.11 Å². The van der Waals surface area contributed by atoms with Crippen LogP contribution < -0.4 is 4.90 Å². The fraction of sp³-hybridized carbons (Fsp3) is 0.538. The first-order valence-corrected chi connectivity index (χ1v) is 5.62. The minimum Gasteiger partial charge on any atom is -0.478 e. The van der Waals surface area contributed by atoms with Crippen molar-refractivity contribution >= 4 is 11.8 Å². The van der Waals surface area contributed by atoms with Gasteiger partial charge in [-0.2, -0.15) is 0 Å². The Morgan fingerprint density at radius 1 is 1.47 bits per heavy atom. The van der Waals surface area contributed by atoms with Crippen LogP contribution in [-0.2, 0) is 0 Å². The number of pyridine rings is 1. The lowest BCUT2D eigenvalue weighted by Crippen LogP contribution is -2.30. The van der Waals surface area contributed by atoms with E-state index in [1.807, 2.05) is 14.0 Å². The van der Waals surface area contributed by atoms with Gasteiger partial charge in [-0.05, 0) is 24.0 Å². The van der Waals surface area contributed by atoms with Crippen LogP contribution >= 0.6 is 0 Å². The molecule has 1 N–H and O–H groups in total. The molecule has 1 aromatic rings. The summed E-state index contributed by atoms with van der Waals surface area (Å²) in [6.45, 7) is 9.22. The van der Waals surface area contributed by atoms with Gasteiger partial charge in [0.05, 0.1) is 5.56 Å². The van der Waals surface area contributed by atoms with Gasteiger partial charge in [0.2, 0.25) is 0 Å². The topological polar surface area (TPSA) is 53.4 Å². The second kappa shape index (κ2) is 4.73. The average molecular weight is 236 g/mol. The normalized spacial score (nSPS) is 11.4. The number of aryl methyl sites for hydroxylation is 1. The molecule has 17 heavy (non-hydrogen) atoms. The highest BCUT2D eigenvalue weighted by molar-refractivity contribution is 5.87. The van der Waals surface area contributed by atoms with Gasteiger partial charge in [0.1, 0.15) is 5.82 Å². The standard InChI is InChI=1S/C13H20N2O2/c1-9-6-10(12(16)17)7-14-11(9)15(5)8-13(2,3)4/h6-7H,8H2,1-5H3,(H,16,17). The molecule has 0 fully saturated rings. The summed E-state index contributed by atoms with van der Waals surface area (Å²) < 4.78 is 0. The summed E-state index contributed by atoms with van der Waals surface area (Å²) >= 11 is 0. The van der Waals surface area contributed by atoms with Crippen LogP contribution in [0.2, 0.25) is 0 Å². The van der Waals surface area contributed by atoms with Gasteiger partial charge in [-0.3, -0.25) is 0 Å². The van der Waals surface area contributed by atoms with Crippen molar-refractivity contribution in [2.45, 2.75) is 27.7 Å². The second-order valence-corrected chi connectivity index (χ2v) is 5.59. The van der Waals surface area contributed by atoms with Crippen LogP contribution in [-0.4, -0.2) is 29.7 Å². The van der Waals surface area contributed by atoms with Crippen LogP contribution in [0.3, 0.4) is 0 Å². The van der Waals surface area contributed by atoms with E-state index >= 15 is 0 Å². The molecule has 1 aromatic heterocycles. The quantitative estimate of drug-likeness (QED) is 0.876. The maximum absolute atomic E-state index is 10.8. The lowest BCUT2D eigenvalue weighted by Gasteiger charge is -2.28. The molecule has 0 unspecified atom stereocenters. The first kappa shape index (κ1) is 13.5. The number of aromatic carboxylic acids is 1. The molecular weight excluding hydrogens is 216 g/mol. The van der Waals surface area contributed by atoms with Crippen molar-refractivity contribution < 1.29 is 9.90 Å². The summed E-state index contributed by atoms with van der Waals surface area (Å²) in [5.41, 5.74) is 1.29. The fourth-order valence-corrected chi connectivity index (χ4v) is 1.87. The van der Waals surface area contributed by atoms with Crippen molar-refractivity contribution in [3.63, 3.8) is 0 Å². The van der Waals surface area contributed by atoms with Gasteiger partial charge in [-0.15, -0.1) is 0 Å². The zero-order valence-electron chi connectivity index (χ0n) is 11.1. The molecule has 0 saturated carbocycles. The molecule has 0 aliphatic carbocycles. The van der Waals surface area contributed by atoms with Crippen LogP contribution in [0.15, 0.2) is 12.3 Å². The first-order valence-electron chi connectivity index (χ1n) is 5.62. The molecule has 0 aliphatic heterocycles. The van der Waals surface area contributed by atoms with Crippen molar-refractivity contribution in [1.29, 1.82) is 0 Å². The summed E-state index contributed by atoms with van der Waals surface area (Å²) in [4.78, 5) is 17.1. The summed E-state index contributed by atoms with van der Waals surface area (Å²) in [5, 5.41) is 8.87. The first-order chi connectivity index (χ1) is 7.70. The third-order valence-electron chi connectivity index (χ3n) is 2.37. The summed E-state index contributed by atoms with van der Waals surface area (Å²) in [7, 11) is 1.97. The number of carboxylic acid groups (broad SMARTS) is 1. The Labute approximate surface area is 102 Å². The van der Waals surface area contributed by atoms with Crippen LogP contribution in [0, 0.1) is 12.3 Å². The predicted molar refractivity (Wildman–Crippen MR) is 68.7 cm³/mol. The Kier molecular flexibility index (Phi) is 3.76. The highest BCUT2D eigenvalue weighted by Gasteiger charge is 2.16. The van der Waals surface area contributed by atoms with Crippen molar-refractivity contribution in [2.24, 2.45) is 5.41 Å². The molecule has 1 rings (SSSR count). The molecule has 0 aromatic carbocycles. The summed E-state index contributed by atoms with van der Waals surface area (Å²) in [5.74, 6) is -0.101. The largest absolute Gasteiger partial charge is 0.478 e. The SMILES string of the molecule is Cc1cc(C(=O)O)cnc1N(C)CC(C)(C)C. The van der Waals surface area contributed by atoms with E-state index < -0.39 is 5.97 Å². The lowest BCUT2D eigenvalue weighted by atomic mass is 9.96. The fourth-order valence-electron chi connectivity index (χ4n) is 1.87. The minimum atomic E-state index is -0.939. The average Bonchev–Trinajstić information content (AvgIpc) is 2.14. The number of carboxylic acids is 1. The highest BCUT2D eigenvalue weighted by Crippen LogP contribution is 2.21. The number of rotatable bonds is 3. The van der Waals surface area contributed by atoms with Gasteiger partial charge in [-0.25, -0.2) is 9.78 Å². The van der Waals surface area contributed by atoms with Crippen molar-refractivity contribution in [3.05, 3.63) is 23.4 Å². The van der Waals surface area contributed by atoms with Crippen LogP contribution in [0.5, 0.6) is 0 Å². The molecule has 0 radical (unpaired) electrons. The van der Waals surface area contributed by atoms with E-state index in [1.54, 1.807) is 6.07 Å². The van der Waals surface area contributed by atoms with Gasteiger partial charge in [-0.1, -0.05) is 20.8 Å². The molecule has 4 heteroatoms. The Hall–Kier alpha value is -1.58. The third-order valence-corrected chi connectivity index (χ3v) is 2.37. The molecule has 4 nitrogen and oxygen atoms in total. The second-order valence-electron chi connectivity index (χ2n) is 5.59. The number of nitrogens with zero attached hydrogens (tertiary/aromatic N) is 2. The summed E-state index contributed by atoms with van der Waals surface area (Å²) in [6.07, 6.45) is 1.41. The number of hydrogen-bond donors (Lipinski definition) is 1. The van der Waals surface area contributed by atoms with E-state index in [-0.39, 0.29) is 11.0 Å². The lowest BCUT2D eigenvalue weighted by molar-refractivity contribution is 0.0696. The molecule has 0 saturated heterocycles. The van der Waals surface area contributed by atoms with Gasteiger partial charge >= 0.3 is 5.97 Å². The zero-order chi connectivity index (χ0) is 13.2. The van der Waals surface area contributed by atoms with Gasteiger partial charge in [0, 0.05) is 19.8 Å². The van der Waals surface area contributed by atoms with Crippen LogP contribution in [0.1, 0.15) is 36.7 Å². The van der Waals surface area contributed by atoms with Crippen molar-refractivity contribution in [3.8, 4) is 0 Å². The molecule has 0 aliphatic rings. The Balaban J connectivity index is 2.96. The highest BCUT2D eigenvalue weighted by atomic mass is 16.4. The Bertz CT molecular complexity index is 422. The maximum atomic E-state index is 10.8. The van der Waals surface area contributed by atoms with E-state index in [2.05, 4.69) is 30.7 Å². The molecule has 0 atom stereocenters. The zero-order valence-corrected chi connectivity index (χ0v) is 11.1. The number of anilines is 1. The van der Waals surface area contributed by atoms with E-state index in [0.29, 0.717) is 0 Å². The third kappa shape index (κ3) is 3.73.